The van der Waals surface area contributed by atoms with E-state index in [0.717, 1.165) is 4.57 Å². The van der Waals surface area contributed by atoms with Crippen molar-refractivity contribution in [1.82, 2.24) is 9.55 Å². The second-order valence-corrected chi connectivity index (χ2v) is 7.63. The molecule has 0 aliphatic carbocycles. The molecule has 0 radical (unpaired) electrons. The van der Waals surface area contributed by atoms with E-state index in [1.165, 1.54) is 12.3 Å². The van der Waals surface area contributed by atoms with Gasteiger partial charge in [0, 0.05) is 11.1 Å². The maximum Gasteiger partial charge on any atom is 0.351 e. The average molecular weight is 426 g/mol. The van der Waals surface area contributed by atoms with E-state index in [1.807, 2.05) is 0 Å². The average Bonchev–Trinajstić information content (AvgIpc) is 2.95. The van der Waals surface area contributed by atoms with Gasteiger partial charge in [-0.1, -0.05) is 32.8 Å². The molecule has 1 aromatic heterocycles. The van der Waals surface area contributed by atoms with E-state index in [4.69, 9.17) is 25.5 Å². The molecule has 0 spiro atoms. The van der Waals surface area contributed by atoms with Crippen molar-refractivity contribution in [1.29, 1.82) is 0 Å². The topological polar surface area (TPSA) is 204 Å². The number of aromatic nitrogens is 2. The standard InChI is InChI=1S/C17H26N6O7/c1-8(2)14(25)28-11-12(29-15(26)9(3)4)17(7-24,21-22-19)30-13(11)23-6-5-10(18)20-16(23)27/h5-6,8-9,11-15,24H,7H2,1-4H3,(H2,18,20,27)/q-2/t11-,12+,13-,14?,15?,17-/m1/s1. The van der Waals surface area contributed by atoms with Gasteiger partial charge in [-0.3, -0.25) is 4.57 Å². The molecule has 2 unspecified atom stereocenters. The summed E-state index contributed by atoms with van der Waals surface area (Å²) in [5.74, 6) is -1.03. The molecule has 2 heterocycles. The Bertz CT molecular complexity index is 827. The van der Waals surface area contributed by atoms with Crippen LogP contribution in [0.2, 0.25) is 0 Å². The molecule has 1 aliphatic heterocycles. The van der Waals surface area contributed by atoms with Gasteiger partial charge < -0.3 is 35.3 Å². The molecule has 0 saturated carbocycles. The minimum absolute atomic E-state index is 0.0497. The lowest BCUT2D eigenvalue weighted by atomic mass is 10.0. The van der Waals surface area contributed by atoms with Gasteiger partial charge in [-0.25, -0.2) is 4.79 Å². The van der Waals surface area contributed by atoms with Gasteiger partial charge >= 0.3 is 5.69 Å². The second-order valence-electron chi connectivity index (χ2n) is 7.63. The van der Waals surface area contributed by atoms with Crippen LogP contribution in [0.25, 0.3) is 10.4 Å². The van der Waals surface area contributed by atoms with Crippen LogP contribution in [0.1, 0.15) is 33.9 Å². The van der Waals surface area contributed by atoms with Gasteiger partial charge in [0.1, 0.15) is 18.0 Å². The SMILES string of the molecule is CC(C)C([O-])O[C@H]1[C@H](n2ccc(N)nc2=O)O[C@@](CO)(N=[N+]=[N-])[C@H]1OC([O-])C(C)C. The van der Waals surface area contributed by atoms with Crippen LogP contribution in [0.4, 0.5) is 5.82 Å². The van der Waals surface area contributed by atoms with E-state index in [2.05, 4.69) is 15.0 Å². The van der Waals surface area contributed by atoms with Crippen molar-refractivity contribution in [2.75, 3.05) is 12.3 Å². The van der Waals surface area contributed by atoms with Gasteiger partial charge in [-0.15, -0.1) is 0 Å². The summed E-state index contributed by atoms with van der Waals surface area (Å²) in [5, 5.41) is 38.3. The van der Waals surface area contributed by atoms with Crippen molar-refractivity contribution >= 4 is 5.82 Å². The Morgan fingerprint density at radius 1 is 1.37 bits per heavy atom. The molecule has 13 heteroatoms. The summed E-state index contributed by atoms with van der Waals surface area (Å²) in [4.78, 5) is 18.7. The number of nitrogen functional groups attached to an aromatic ring is 1. The molecule has 1 saturated heterocycles. The number of anilines is 1. The molecule has 1 aromatic rings. The van der Waals surface area contributed by atoms with Gasteiger partial charge in [0.05, 0.1) is 6.61 Å². The Morgan fingerprint density at radius 2 is 1.97 bits per heavy atom. The largest absolute Gasteiger partial charge is 0.831 e. The number of aliphatic hydroxyl groups is 1. The second kappa shape index (κ2) is 9.71. The van der Waals surface area contributed by atoms with Crippen LogP contribution in [-0.2, 0) is 14.2 Å². The van der Waals surface area contributed by atoms with Crippen molar-refractivity contribution < 1.29 is 29.5 Å². The number of rotatable bonds is 9. The third kappa shape index (κ3) is 4.90. The quantitative estimate of drug-likeness (QED) is 0.210. The zero-order valence-electron chi connectivity index (χ0n) is 17.1. The first-order valence-corrected chi connectivity index (χ1v) is 9.38. The molecule has 168 valence electrons. The number of azide groups is 1. The first kappa shape index (κ1) is 24.0. The van der Waals surface area contributed by atoms with Gasteiger partial charge in [0.25, 0.3) is 0 Å². The minimum atomic E-state index is -2.11. The third-order valence-corrected chi connectivity index (χ3v) is 4.58. The summed E-state index contributed by atoms with van der Waals surface area (Å²) in [6.07, 6.45) is -6.19. The molecule has 2 rings (SSSR count). The molecule has 0 bridgehead atoms. The van der Waals surface area contributed by atoms with Crippen LogP contribution in [0.3, 0.4) is 0 Å². The predicted octanol–water partition coefficient (Wildman–Crippen LogP) is -1.19. The summed E-state index contributed by atoms with van der Waals surface area (Å²) >= 11 is 0. The lowest BCUT2D eigenvalue weighted by Gasteiger charge is -2.39. The van der Waals surface area contributed by atoms with Gasteiger partial charge in [-0.2, -0.15) is 4.98 Å². The molecule has 3 N–H and O–H groups in total. The van der Waals surface area contributed by atoms with E-state index in [-0.39, 0.29) is 5.82 Å². The highest BCUT2D eigenvalue weighted by atomic mass is 16.7. The highest BCUT2D eigenvalue weighted by Crippen LogP contribution is 2.42. The minimum Gasteiger partial charge on any atom is -0.831 e. The normalized spacial score (nSPS) is 28.5. The van der Waals surface area contributed by atoms with E-state index in [1.54, 1.807) is 27.7 Å². The molecular weight excluding hydrogens is 400 g/mol. The zero-order valence-corrected chi connectivity index (χ0v) is 17.1. The number of aliphatic hydroxyl groups excluding tert-OH is 1. The van der Waals surface area contributed by atoms with E-state index in [9.17, 15) is 20.1 Å². The van der Waals surface area contributed by atoms with Gasteiger partial charge in [0.2, 0.25) is 5.72 Å². The lowest BCUT2D eigenvalue weighted by Crippen LogP contribution is -2.53. The summed E-state index contributed by atoms with van der Waals surface area (Å²) in [6.45, 7) is 5.55. The fourth-order valence-corrected chi connectivity index (χ4v) is 2.84. The summed E-state index contributed by atoms with van der Waals surface area (Å²) < 4.78 is 17.8. The monoisotopic (exact) mass is 426 g/mol. The smallest absolute Gasteiger partial charge is 0.351 e. The number of hydrogen-bond donors (Lipinski definition) is 2. The van der Waals surface area contributed by atoms with Crippen LogP contribution in [0, 0.1) is 11.8 Å². The molecule has 30 heavy (non-hydrogen) atoms. The summed E-state index contributed by atoms with van der Waals surface area (Å²) in [7, 11) is 0. The van der Waals surface area contributed by atoms with Crippen molar-refractivity contribution in [3.05, 3.63) is 33.2 Å². The number of nitrogens with two attached hydrogens (primary N) is 1. The number of ether oxygens (including phenoxy) is 3. The van der Waals surface area contributed by atoms with Crippen LogP contribution >= 0.6 is 0 Å². The zero-order chi connectivity index (χ0) is 22.6. The van der Waals surface area contributed by atoms with E-state index >= 15 is 0 Å². The maximum atomic E-state index is 12.4. The highest BCUT2D eigenvalue weighted by molar-refractivity contribution is 5.23. The van der Waals surface area contributed by atoms with E-state index < -0.39 is 60.9 Å². The molecule has 0 aromatic carbocycles. The molecule has 0 amide bonds. The highest BCUT2D eigenvalue weighted by Gasteiger charge is 2.58. The van der Waals surface area contributed by atoms with Gasteiger partial charge in [-0.05, 0) is 36.0 Å². The Balaban J connectivity index is 2.61. The summed E-state index contributed by atoms with van der Waals surface area (Å²) in [6, 6.07) is 1.31. The van der Waals surface area contributed by atoms with Gasteiger partial charge in [0.15, 0.2) is 6.23 Å². The predicted molar refractivity (Wildman–Crippen MR) is 99.0 cm³/mol. The van der Waals surface area contributed by atoms with Crippen molar-refractivity contribution in [2.24, 2.45) is 17.0 Å². The summed E-state index contributed by atoms with van der Waals surface area (Å²) in [5.41, 5.74) is 11.6. The first-order chi connectivity index (χ1) is 14.1. The molecular formula is C17H26N6O7-2. The molecule has 1 fully saturated rings. The van der Waals surface area contributed by atoms with Crippen molar-refractivity contribution in [2.45, 2.75) is 64.4 Å². The Labute approximate surface area is 172 Å². The van der Waals surface area contributed by atoms with Crippen LogP contribution in [-0.4, -0.2) is 51.8 Å². The molecule has 13 nitrogen and oxygen atoms in total. The number of hydrogen-bond acceptors (Lipinski definition) is 10. The molecule has 1 aliphatic rings. The Kier molecular flexibility index (Phi) is 7.77. The first-order valence-electron chi connectivity index (χ1n) is 9.38. The number of nitrogens with zero attached hydrogens (tertiary/aromatic N) is 5. The Morgan fingerprint density at radius 3 is 2.47 bits per heavy atom. The van der Waals surface area contributed by atoms with E-state index in [0.29, 0.717) is 0 Å². The Hall–Kier alpha value is -2.25. The fraction of sp³-hybridized carbons (Fsp3) is 0.765. The lowest BCUT2D eigenvalue weighted by molar-refractivity contribution is -0.527. The van der Waals surface area contributed by atoms with Crippen molar-refractivity contribution in [3.63, 3.8) is 0 Å². The third-order valence-electron chi connectivity index (χ3n) is 4.58. The van der Waals surface area contributed by atoms with Crippen LogP contribution in [0.5, 0.6) is 0 Å². The van der Waals surface area contributed by atoms with Crippen LogP contribution in [0.15, 0.2) is 22.2 Å². The molecule has 6 atom stereocenters. The van der Waals surface area contributed by atoms with Crippen molar-refractivity contribution in [3.8, 4) is 0 Å². The van der Waals surface area contributed by atoms with Crippen LogP contribution < -0.4 is 21.6 Å². The fourth-order valence-electron chi connectivity index (χ4n) is 2.84. The maximum absolute atomic E-state index is 12.4.